The van der Waals surface area contributed by atoms with Gasteiger partial charge in [0.25, 0.3) is 0 Å². The van der Waals surface area contributed by atoms with Crippen LogP contribution in [0.5, 0.6) is 0 Å². The Hall–Kier alpha value is -1.39. The van der Waals surface area contributed by atoms with Crippen LogP contribution in [0.25, 0.3) is 0 Å². The van der Waals surface area contributed by atoms with Gasteiger partial charge in [0.1, 0.15) is 0 Å². The lowest BCUT2D eigenvalue weighted by Gasteiger charge is -2.19. The molecule has 0 aliphatic heterocycles. The van der Waals surface area contributed by atoms with E-state index in [9.17, 15) is 0 Å². The van der Waals surface area contributed by atoms with E-state index in [4.69, 9.17) is 11.6 Å². The van der Waals surface area contributed by atoms with E-state index in [0.717, 1.165) is 29.9 Å². The van der Waals surface area contributed by atoms with Gasteiger partial charge in [-0.2, -0.15) is 5.10 Å². The fourth-order valence-corrected chi connectivity index (χ4v) is 2.41. The van der Waals surface area contributed by atoms with Crippen molar-refractivity contribution in [3.05, 3.63) is 46.5 Å². The normalized spacial score (nSPS) is 12.6. The van der Waals surface area contributed by atoms with Crippen LogP contribution in [0.4, 0.5) is 0 Å². The molecule has 2 heterocycles. The summed E-state index contributed by atoms with van der Waals surface area (Å²) in [6, 6.07) is 4.09. The minimum absolute atomic E-state index is 0.00894. The molecule has 1 atom stereocenters. The molecule has 2 aromatic heterocycles. The highest BCUT2D eigenvalue weighted by Crippen LogP contribution is 2.28. The third-order valence-corrected chi connectivity index (χ3v) is 3.39. The molecule has 0 bridgehead atoms. The molecule has 1 N–H and O–H groups in total. The van der Waals surface area contributed by atoms with E-state index in [2.05, 4.69) is 28.4 Å². The smallest absolute Gasteiger partial charge is 0.0837 e. The van der Waals surface area contributed by atoms with Crippen LogP contribution in [-0.2, 0) is 6.54 Å². The van der Waals surface area contributed by atoms with E-state index in [-0.39, 0.29) is 6.04 Å². The van der Waals surface area contributed by atoms with Crippen molar-refractivity contribution >= 4 is 11.6 Å². The Morgan fingerprint density at radius 1 is 1.37 bits per heavy atom. The predicted octanol–water partition coefficient (Wildman–Crippen LogP) is 2.96. The fraction of sp³-hybridized carbons (Fsp3) is 0.429. The maximum atomic E-state index is 6.29. The van der Waals surface area contributed by atoms with Crippen molar-refractivity contribution in [3.63, 3.8) is 0 Å². The van der Waals surface area contributed by atoms with Crippen molar-refractivity contribution in [2.75, 3.05) is 7.05 Å². The van der Waals surface area contributed by atoms with E-state index in [1.807, 2.05) is 30.9 Å². The van der Waals surface area contributed by atoms with Crippen LogP contribution in [0.1, 0.15) is 36.3 Å². The van der Waals surface area contributed by atoms with Crippen molar-refractivity contribution in [1.29, 1.82) is 0 Å². The van der Waals surface area contributed by atoms with E-state index >= 15 is 0 Å². The standard InChI is InChI=1S/C14H19ClN4/c1-4-7-19-14(12(15)9-18-19)13(16-3)11-6-5-10(2)17-8-11/h5-6,8-9,13,16H,4,7H2,1-3H3. The zero-order valence-electron chi connectivity index (χ0n) is 11.5. The van der Waals surface area contributed by atoms with Crippen molar-refractivity contribution in [3.8, 4) is 0 Å². The highest BCUT2D eigenvalue weighted by atomic mass is 35.5. The first-order valence-electron chi connectivity index (χ1n) is 6.48. The minimum atomic E-state index is 0.00894. The molecular weight excluding hydrogens is 260 g/mol. The molecule has 102 valence electrons. The second-order valence-corrected chi connectivity index (χ2v) is 4.96. The molecule has 0 saturated carbocycles. The molecule has 0 aliphatic carbocycles. The van der Waals surface area contributed by atoms with Crippen LogP contribution < -0.4 is 5.32 Å². The molecule has 5 heteroatoms. The third-order valence-electron chi connectivity index (χ3n) is 3.10. The molecule has 1 unspecified atom stereocenters. The molecular formula is C14H19ClN4. The maximum Gasteiger partial charge on any atom is 0.0837 e. The predicted molar refractivity (Wildman–Crippen MR) is 77.4 cm³/mol. The number of nitrogens with one attached hydrogen (secondary N) is 1. The lowest BCUT2D eigenvalue weighted by Crippen LogP contribution is -2.22. The average molecular weight is 279 g/mol. The van der Waals surface area contributed by atoms with Crippen LogP contribution in [0, 0.1) is 6.92 Å². The van der Waals surface area contributed by atoms with Gasteiger partial charge in [-0.1, -0.05) is 24.6 Å². The molecule has 4 nitrogen and oxygen atoms in total. The van der Waals surface area contributed by atoms with Gasteiger partial charge in [-0.3, -0.25) is 9.67 Å². The summed E-state index contributed by atoms with van der Waals surface area (Å²) in [7, 11) is 1.92. The number of nitrogens with zero attached hydrogens (tertiary/aromatic N) is 3. The summed E-state index contributed by atoms with van der Waals surface area (Å²) in [5, 5.41) is 8.32. The quantitative estimate of drug-likeness (QED) is 0.914. The first-order chi connectivity index (χ1) is 9.17. The average Bonchev–Trinajstić information content (AvgIpc) is 2.76. The van der Waals surface area contributed by atoms with Crippen LogP contribution in [0.15, 0.2) is 24.5 Å². The van der Waals surface area contributed by atoms with E-state index in [0.29, 0.717) is 5.02 Å². The third kappa shape index (κ3) is 2.96. The molecule has 0 aromatic carbocycles. The first-order valence-corrected chi connectivity index (χ1v) is 6.86. The Kier molecular flexibility index (Phi) is 4.56. The number of rotatable bonds is 5. The number of pyridine rings is 1. The molecule has 2 aromatic rings. The fourth-order valence-electron chi connectivity index (χ4n) is 2.16. The van der Waals surface area contributed by atoms with Crippen molar-refractivity contribution in [2.45, 2.75) is 32.9 Å². The van der Waals surface area contributed by atoms with Crippen molar-refractivity contribution in [1.82, 2.24) is 20.1 Å². The summed E-state index contributed by atoms with van der Waals surface area (Å²) >= 11 is 6.29. The van der Waals surface area contributed by atoms with Crippen LogP contribution in [0.3, 0.4) is 0 Å². The molecule has 0 saturated heterocycles. The van der Waals surface area contributed by atoms with Crippen LogP contribution in [0.2, 0.25) is 5.02 Å². The first kappa shape index (κ1) is 14.0. The number of hydrogen-bond acceptors (Lipinski definition) is 3. The molecule has 2 rings (SSSR count). The zero-order chi connectivity index (χ0) is 13.8. The number of hydrogen-bond donors (Lipinski definition) is 1. The topological polar surface area (TPSA) is 42.7 Å². The van der Waals surface area contributed by atoms with Crippen molar-refractivity contribution < 1.29 is 0 Å². The Morgan fingerprint density at radius 2 is 2.16 bits per heavy atom. The van der Waals surface area contributed by atoms with E-state index in [1.54, 1.807) is 6.20 Å². The monoisotopic (exact) mass is 278 g/mol. The van der Waals surface area contributed by atoms with Gasteiger partial charge in [-0.25, -0.2) is 0 Å². The summed E-state index contributed by atoms with van der Waals surface area (Å²) in [5.41, 5.74) is 3.09. The Bertz CT molecular complexity index is 533. The lowest BCUT2D eigenvalue weighted by molar-refractivity contribution is 0.534. The molecule has 0 aliphatic rings. The van der Waals surface area contributed by atoms with Crippen LogP contribution >= 0.6 is 11.6 Å². The SMILES string of the molecule is CCCn1ncc(Cl)c1C(NC)c1ccc(C)nc1. The van der Waals surface area contributed by atoms with Gasteiger partial charge in [0.05, 0.1) is 23.0 Å². The van der Waals surface area contributed by atoms with Gasteiger partial charge in [0.2, 0.25) is 0 Å². The van der Waals surface area contributed by atoms with Gasteiger partial charge in [-0.15, -0.1) is 0 Å². The van der Waals surface area contributed by atoms with Gasteiger partial charge in [-0.05, 0) is 32.0 Å². The number of halogens is 1. The highest BCUT2D eigenvalue weighted by Gasteiger charge is 2.20. The van der Waals surface area contributed by atoms with Gasteiger partial charge < -0.3 is 5.32 Å². The Labute approximate surface area is 118 Å². The Morgan fingerprint density at radius 3 is 2.74 bits per heavy atom. The van der Waals surface area contributed by atoms with Crippen molar-refractivity contribution in [2.24, 2.45) is 0 Å². The molecule has 19 heavy (non-hydrogen) atoms. The van der Waals surface area contributed by atoms with E-state index < -0.39 is 0 Å². The summed E-state index contributed by atoms with van der Waals surface area (Å²) in [6.45, 7) is 4.97. The molecule has 0 spiro atoms. The molecule has 0 radical (unpaired) electrons. The number of aromatic nitrogens is 3. The van der Waals surface area contributed by atoms with E-state index in [1.165, 1.54) is 0 Å². The molecule has 0 amide bonds. The zero-order valence-corrected chi connectivity index (χ0v) is 12.3. The summed E-state index contributed by atoms with van der Waals surface area (Å²) in [5.74, 6) is 0. The summed E-state index contributed by atoms with van der Waals surface area (Å²) in [4.78, 5) is 4.35. The summed E-state index contributed by atoms with van der Waals surface area (Å²) in [6.07, 6.45) is 4.61. The van der Waals surface area contributed by atoms with Gasteiger partial charge >= 0.3 is 0 Å². The minimum Gasteiger partial charge on any atom is -0.308 e. The highest BCUT2D eigenvalue weighted by molar-refractivity contribution is 6.31. The maximum absolute atomic E-state index is 6.29. The summed E-state index contributed by atoms with van der Waals surface area (Å²) < 4.78 is 1.96. The van der Waals surface area contributed by atoms with Crippen LogP contribution in [-0.4, -0.2) is 21.8 Å². The second-order valence-electron chi connectivity index (χ2n) is 4.56. The number of aryl methyl sites for hydroxylation is 2. The Balaban J connectivity index is 2.41. The largest absolute Gasteiger partial charge is 0.308 e. The van der Waals surface area contributed by atoms with Gasteiger partial charge in [0, 0.05) is 18.4 Å². The lowest BCUT2D eigenvalue weighted by atomic mass is 10.1. The molecule has 0 fully saturated rings. The van der Waals surface area contributed by atoms with Gasteiger partial charge in [0.15, 0.2) is 0 Å². The second kappa shape index (κ2) is 6.17.